The van der Waals surface area contributed by atoms with Gasteiger partial charge in [0.1, 0.15) is 0 Å². The molecule has 0 amide bonds. The van der Waals surface area contributed by atoms with Crippen molar-refractivity contribution in [1.29, 1.82) is 0 Å². The molecule has 0 fully saturated rings. The molecule has 0 aliphatic carbocycles. The predicted molar refractivity (Wildman–Crippen MR) is 127 cm³/mol. The summed E-state index contributed by atoms with van der Waals surface area (Å²) in [5.41, 5.74) is 2.59. The van der Waals surface area contributed by atoms with E-state index in [0.717, 1.165) is 20.1 Å². The van der Waals surface area contributed by atoms with Crippen LogP contribution in [0.25, 0.3) is 0 Å². The fourth-order valence-electron chi connectivity index (χ4n) is 2.92. The van der Waals surface area contributed by atoms with Crippen LogP contribution in [0.3, 0.4) is 0 Å². The molecule has 2 aromatic carbocycles. The van der Waals surface area contributed by atoms with E-state index in [1.54, 1.807) is 24.5 Å². The molecule has 4 rings (SSSR count). The van der Waals surface area contributed by atoms with Gasteiger partial charge in [-0.1, -0.05) is 56.1 Å². The van der Waals surface area contributed by atoms with E-state index in [1.807, 2.05) is 48.5 Å². The third kappa shape index (κ3) is 5.56. The van der Waals surface area contributed by atoms with Crippen molar-refractivity contribution in [3.8, 4) is 0 Å². The van der Waals surface area contributed by atoms with Gasteiger partial charge in [0.2, 0.25) is 11.9 Å². The summed E-state index contributed by atoms with van der Waals surface area (Å²) in [5.74, 6) is 0.430. The van der Waals surface area contributed by atoms with Crippen LogP contribution >= 0.6 is 31.9 Å². The van der Waals surface area contributed by atoms with Crippen LogP contribution in [-0.4, -0.2) is 25.7 Å². The van der Waals surface area contributed by atoms with Crippen molar-refractivity contribution in [3.63, 3.8) is 0 Å². The molecule has 9 heteroatoms. The van der Waals surface area contributed by atoms with Gasteiger partial charge < -0.3 is 10.6 Å². The Hall–Kier alpha value is -3.04. The molecule has 0 aliphatic rings. The smallest absolute Gasteiger partial charge is 0.281 e. The second-order valence-electron chi connectivity index (χ2n) is 6.68. The minimum atomic E-state index is -0.290. The first-order valence-corrected chi connectivity index (χ1v) is 11.1. The summed E-state index contributed by atoms with van der Waals surface area (Å²) in [6.07, 6.45) is 3.15. The maximum atomic E-state index is 13.0. The zero-order valence-electron chi connectivity index (χ0n) is 16.3. The van der Waals surface area contributed by atoms with Gasteiger partial charge in [-0.3, -0.25) is 9.78 Å². The van der Waals surface area contributed by atoms with E-state index in [-0.39, 0.29) is 5.91 Å². The van der Waals surface area contributed by atoms with E-state index in [4.69, 9.17) is 0 Å². The summed E-state index contributed by atoms with van der Waals surface area (Å²) in [6.45, 7) is 1.02. The van der Waals surface area contributed by atoms with Crippen LogP contribution in [0.4, 0.5) is 11.9 Å². The Labute approximate surface area is 196 Å². The Morgan fingerprint density at radius 2 is 1.48 bits per heavy atom. The second kappa shape index (κ2) is 9.84. The topological polar surface area (TPSA) is 84.7 Å². The van der Waals surface area contributed by atoms with Crippen molar-refractivity contribution in [2.45, 2.75) is 13.1 Å². The van der Waals surface area contributed by atoms with Crippen LogP contribution in [0.2, 0.25) is 0 Å². The first-order chi connectivity index (χ1) is 15.1. The molecule has 0 unspecified atom stereocenters. The van der Waals surface area contributed by atoms with E-state index in [0.29, 0.717) is 30.5 Å². The molecule has 0 aliphatic heterocycles. The molecular formula is C22H18Br2N6O. The molecule has 156 valence electrons. The highest BCUT2D eigenvalue weighted by Gasteiger charge is 2.18. The summed E-state index contributed by atoms with van der Waals surface area (Å²) >= 11 is 6.94. The average molecular weight is 542 g/mol. The lowest BCUT2D eigenvalue weighted by Gasteiger charge is -2.07. The van der Waals surface area contributed by atoms with Gasteiger partial charge in [-0.25, -0.2) is 0 Å². The fraction of sp³-hybridized carbons (Fsp3) is 0.0909. The zero-order chi connectivity index (χ0) is 21.6. The van der Waals surface area contributed by atoms with E-state index >= 15 is 0 Å². The van der Waals surface area contributed by atoms with Gasteiger partial charge >= 0.3 is 0 Å². The maximum absolute atomic E-state index is 13.0. The van der Waals surface area contributed by atoms with E-state index in [2.05, 4.69) is 57.6 Å². The lowest BCUT2D eigenvalue weighted by molar-refractivity contribution is 0.0947. The highest BCUT2D eigenvalue weighted by molar-refractivity contribution is 9.10. The number of halogens is 2. The minimum absolute atomic E-state index is 0.290. The molecular weight excluding hydrogens is 524 g/mol. The van der Waals surface area contributed by atoms with Crippen LogP contribution in [0.1, 0.15) is 21.5 Å². The summed E-state index contributed by atoms with van der Waals surface area (Å²) < 4.78 is 3.25. The number of hydrogen-bond acceptors (Lipinski definition) is 6. The first-order valence-electron chi connectivity index (χ1n) is 9.47. The number of rotatable bonds is 7. The third-order valence-corrected chi connectivity index (χ3v) is 5.39. The molecule has 2 heterocycles. The van der Waals surface area contributed by atoms with Crippen molar-refractivity contribution < 1.29 is 4.79 Å². The highest BCUT2D eigenvalue weighted by atomic mass is 79.9. The molecule has 0 saturated carbocycles. The van der Waals surface area contributed by atoms with Crippen LogP contribution in [0.15, 0.2) is 82.0 Å². The SMILES string of the molecule is O=C(c1ccncc1)n1nc(NCc2cccc(Br)c2)nc1NCc1cccc(Br)c1. The summed E-state index contributed by atoms with van der Waals surface area (Å²) in [5, 5.41) is 10.8. The fourth-order valence-corrected chi connectivity index (χ4v) is 3.81. The quantitative estimate of drug-likeness (QED) is 0.338. The average Bonchev–Trinajstić information content (AvgIpc) is 3.20. The van der Waals surface area contributed by atoms with Crippen molar-refractivity contribution in [3.05, 3.63) is 98.7 Å². The number of carbonyl (C=O) groups is 1. The largest absolute Gasteiger partial charge is 0.350 e. The molecule has 7 nitrogen and oxygen atoms in total. The van der Waals surface area contributed by atoms with E-state index < -0.39 is 0 Å². The molecule has 0 saturated heterocycles. The van der Waals surface area contributed by atoms with Gasteiger partial charge in [0.05, 0.1) is 0 Å². The Bertz CT molecular complexity index is 1200. The number of anilines is 2. The van der Waals surface area contributed by atoms with Crippen molar-refractivity contribution >= 4 is 49.7 Å². The Balaban J connectivity index is 1.57. The first kappa shape index (κ1) is 21.2. The molecule has 0 spiro atoms. The van der Waals surface area contributed by atoms with Crippen molar-refractivity contribution in [2.24, 2.45) is 0 Å². The van der Waals surface area contributed by atoms with Crippen molar-refractivity contribution in [1.82, 2.24) is 19.7 Å². The minimum Gasteiger partial charge on any atom is -0.350 e. The number of benzene rings is 2. The Morgan fingerprint density at radius 3 is 2.10 bits per heavy atom. The molecule has 31 heavy (non-hydrogen) atoms. The second-order valence-corrected chi connectivity index (χ2v) is 8.51. The number of carbonyl (C=O) groups excluding carboxylic acids is 1. The van der Waals surface area contributed by atoms with E-state index in [1.165, 1.54) is 4.68 Å². The van der Waals surface area contributed by atoms with Crippen LogP contribution in [0, 0.1) is 0 Å². The molecule has 0 bridgehead atoms. The molecule has 0 atom stereocenters. The summed E-state index contributed by atoms with van der Waals surface area (Å²) in [6, 6.07) is 19.2. The van der Waals surface area contributed by atoms with Gasteiger partial charge in [0.15, 0.2) is 0 Å². The van der Waals surface area contributed by atoms with Gasteiger partial charge in [-0.05, 0) is 47.5 Å². The number of nitrogens with one attached hydrogen (secondary N) is 2. The van der Waals surface area contributed by atoms with E-state index in [9.17, 15) is 4.79 Å². The van der Waals surface area contributed by atoms with Crippen molar-refractivity contribution in [2.75, 3.05) is 10.6 Å². The monoisotopic (exact) mass is 540 g/mol. The normalized spacial score (nSPS) is 10.6. The third-order valence-electron chi connectivity index (χ3n) is 4.41. The standard InChI is InChI=1S/C22H18Br2N6O/c23-18-5-1-3-15(11-18)13-26-21-28-22(27-14-16-4-2-6-19(24)12-16)30(29-21)20(31)17-7-9-25-10-8-17/h1-12H,13-14H2,(H2,26,27,28,29). The van der Waals surface area contributed by atoms with Crippen LogP contribution in [0.5, 0.6) is 0 Å². The number of hydrogen-bond donors (Lipinski definition) is 2. The summed E-state index contributed by atoms with van der Waals surface area (Å²) in [7, 11) is 0. The lowest BCUT2D eigenvalue weighted by Crippen LogP contribution is -2.17. The molecule has 4 aromatic rings. The molecule has 0 radical (unpaired) electrons. The zero-order valence-corrected chi connectivity index (χ0v) is 19.5. The van der Waals surface area contributed by atoms with Gasteiger partial charge in [-0.15, -0.1) is 5.10 Å². The highest BCUT2D eigenvalue weighted by Crippen LogP contribution is 2.17. The van der Waals surface area contributed by atoms with Gasteiger partial charge in [-0.2, -0.15) is 9.67 Å². The van der Waals surface area contributed by atoms with Crippen LogP contribution < -0.4 is 10.6 Å². The maximum Gasteiger partial charge on any atom is 0.281 e. The number of pyridine rings is 1. The number of nitrogens with zero attached hydrogens (tertiary/aromatic N) is 4. The Morgan fingerprint density at radius 1 is 0.871 bits per heavy atom. The predicted octanol–water partition coefficient (Wildman–Crippen LogP) is 5.11. The summed E-state index contributed by atoms with van der Waals surface area (Å²) in [4.78, 5) is 21.5. The lowest BCUT2D eigenvalue weighted by atomic mass is 10.2. The molecule has 2 N–H and O–H groups in total. The number of aromatic nitrogens is 4. The Kier molecular flexibility index (Phi) is 6.73. The van der Waals surface area contributed by atoms with Gasteiger partial charge in [0.25, 0.3) is 5.91 Å². The molecule has 2 aromatic heterocycles. The van der Waals surface area contributed by atoms with Crippen LogP contribution in [-0.2, 0) is 13.1 Å². The van der Waals surface area contributed by atoms with Gasteiger partial charge in [0, 0.05) is 40.0 Å².